The Morgan fingerprint density at radius 3 is 2.00 bits per heavy atom. The summed E-state index contributed by atoms with van der Waals surface area (Å²) in [7, 11) is -5.94. The summed E-state index contributed by atoms with van der Waals surface area (Å²) in [5.74, 6) is 0. The van der Waals surface area contributed by atoms with E-state index in [1.165, 1.54) is 0 Å². The van der Waals surface area contributed by atoms with Gasteiger partial charge >= 0.3 is 0 Å². The van der Waals surface area contributed by atoms with E-state index in [0.717, 1.165) is 28.9 Å². The van der Waals surface area contributed by atoms with Crippen molar-refractivity contribution >= 4 is 23.4 Å². The molecule has 1 N–H and O–H groups in total. The molecule has 102 valence electrons. The van der Waals surface area contributed by atoms with Gasteiger partial charge in [0, 0.05) is 0 Å². The van der Waals surface area contributed by atoms with Crippen molar-refractivity contribution in [1.82, 2.24) is 0 Å². The van der Waals surface area contributed by atoms with Crippen LogP contribution in [0.15, 0.2) is 23.1 Å². The topological polar surface area (TPSA) is 54.4 Å². The van der Waals surface area contributed by atoms with Gasteiger partial charge in [0.1, 0.15) is 0 Å². The number of hydrogen-bond donors (Lipinski definition) is 1. The van der Waals surface area contributed by atoms with Crippen LogP contribution in [0.5, 0.6) is 0 Å². The second-order valence-corrected chi connectivity index (χ2v) is 11.4. The highest BCUT2D eigenvalue weighted by molar-refractivity contribution is 7.86. The molecule has 0 heterocycles. The van der Waals surface area contributed by atoms with E-state index in [1.54, 1.807) is 6.07 Å². The van der Waals surface area contributed by atoms with Crippen molar-refractivity contribution < 1.29 is 13.0 Å². The number of hydrogen-bond acceptors (Lipinski definition) is 2. The van der Waals surface area contributed by atoms with Crippen molar-refractivity contribution in [2.45, 2.75) is 50.7 Å². The molecular weight excluding hydrogens is 264 g/mol. The lowest BCUT2D eigenvalue weighted by Crippen LogP contribution is -2.48. The fourth-order valence-electron chi connectivity index (χ4n) is 2.60. The lowest BCUT2D eigenvalue weighted by molar-refractivity contribution is 0.483. The smallest absolute Gasteiger partial charge is 0.282 e. The van der Waals surface area contributed by atoms with Crippen LogP contribution in [0.4, 0.5) is 0 Å². The Bertz CT molecular complexity index is 511. The van der Waals surface area contributed by atoms with E-state index in [2.05, 4.69) is 20.8 Å². The summed E-state index contributed by atoms with van der Waals surface area (Å²) in [4.78, 5) is 0.125. The molecule has 1 aromatic carbocycles. The molecule has 0 aliphatic carbocycles. The summed E-state index contributed by atoms with van der Waals surface area (Å²) < 4.78 is 32.6. The SMILES string of the molecule is CC[Si](CC)(CC)c1ccc(C)cc1S(=O)(=O)O. The number of rotatable bonds is 5. The first-order valence-electron chi connectivity index (χ1n) is 6.39. The molecule has 0 spiro atoms. The van der Waals surface area contributed by atoms with E-state index in [1.807, 2.05) is 19.1 Å². The van der Waals surface area contributed by atoms with E-state index < -0.39 is 18.2 Å². The van der Waals surface area contributed by atoms with E-state index in [9.17, 15) is 13.0 Å². The van der Waals surface area contributed by atoms with Gasteiger partial charge in [0.15, 0.2) is 0 Å². The summed E-state index contributed by atoms with van der Waals surface area (Å²) >= 11 is 0. The molecule has 0 amide bonds. The molecule has 0 saturated carbocycles. The van der Waals surface area contributed by atoms with Crippen LogP contribution in [0.3, 0.4) is 0 Å². The van der Waals surface area contributed by atoms with Gasteiger partial charge in [0.2, 0.25) is 0 Å². The third kappa shape index (κ3) is 2.84. The zero-order valence-corrected chi connectivity index (χ0v) is 13.3. The van der Waals surface area contributed by atoms with Crippen molar-refractivity contribution in [2.75, 3.05) is 0 Å². The monoisotopic (exact) mass is 286 g/mol. The van der Waals surface area contributed by atoms with E-state index in [0.29, 0.717) is 0 Å². The minimum atomic E-state index is -4.13. The highest BCUT2D eigenvalue weighted by Gasteiger charge is 2.34. The van der Waals surface area contributed by atoms with Crippen molar-refractivity contribution in [2.24, 2.45) is 0 Å². The molecule has 0 fully saturated rings. The van der Waals surface area contributed by atoms with Crippen LogP contribution in [-0.4, -0.2) is 21.0 Å². The van der Waals surface area contributed by atoms with Gasteiger partial charge in [0.25, 0.3) is 10.1 Å². The largest absolute Gasteiger partial charge is 0.294 e. The normalized spacial score (nSPS) is 12.7. The van der Waals surface area contributed by atoms with E-state index in [-0.39, 0.29) is 4.90 Å². The zero-order valence-electron chi connectivity index (χ0n) is 11.5. The Morgan fingerprint density at radius 1 is 1.11 bits per heavy atom. The molecule has 1 aromatic rings. The quantitative estimate of drug-likeness (QED) is 0.669. The second kappa shape index (κ2) is 5.55. The molecule has 0 bridgehead atoms. The summed E-state index contributed by atoms with van der Waals surface area (Å²) in [6, 6.07) is 8.41. The fourth-order valence-corrected chi connectivity index (χ4v) is 7.99. The molecule has 3 nitrogen and oxygen atoms in total. The van der Waals surface area contributed by atoms with E-state index >= 15 is 0 Å². The zero-order chi connectivity index (χ0) is 14.0. The van der Waals surface area contributed by atoms with Gasteiger partial charge in [-0.3, -0.25) is 4.55 Å². The Labute approximate surface area is 111 Å². The maximum Gasteiger partial charge on any atom is 0.294 e. The minimum absolute atomic E-state index is 0.125. The van der Waals surface area contributed by atoms with Gasteiger partial charge in [-0.15, -0.1) is 0 Å². The minimum Gasteiger partial charge on any atom is -0.282 e. The highest BCUT2D eigenvalue weighted by Crippen LogP contribution is 2.24. The summed E-state index contributed by atoms with van der Waals surface area (Å²) in [6.45, 7) is 8.19. The molecule has 0 aromatic heterocycles. The Hall–Kier alpha value is -0.653. The Morgan fingerprint density at radius 2 is 1.61 bits per heavy atom. The maximum atomic E-state index is 11.6. The molecule has 0 saturated heterocycles. The van der Waals surface area contributed by atoms with Gasteiger partial charge in [-0.2, -0.15) is 8.42 Å². The molecule has 18 heavy (non-hydrogen) atoms. The molecule has 1 rings (SSSR count). The summed E-state index contributed by atoms with van der Waals surface area (Å²) in [6.07, 6.45) is 0. The molecule has 0 atom stereocenters. The van der Waals surface area contributed by atoms with Crippen molar-refractivity contribution in [3.05, 3.63) is 23.8 Å². The van der Waals surface area contributed by atoms with Gasteiger partial charge < -0.3 is 0 Å². The maximum absolute atomic E-state index is 11.6. The van der Waals surface area contributed by atoms with Gasteiger partial charge in [0.05, 0.1) is 13.0 Å². The van der Waals surface area contributed by atoms with Crippen LogP contribution >= 0.6 is 0 Å². The third-order valence-electron chi connectivity index (χ3n) is 4.02. The lowest BCUT2D eigenvalue weighted by Gasteiger charge is -2.30. The number of aryl methyl sites for hydroxylation is 1. The lowest BCUT2D eigenvalue weighted by atomic mass is 10.2. The predicted molar refractivity (Wildman–Crippen MR) is 77.8 cm³/mol. The highest BCUT2D eigenvalue weighted by atomic mass is 32.2. The average Bonchev–Trinajstić information content (AvgIpc) is 2.32. The van der Waals surface area contributed by atoms with Crippen LogP contribution in [0.2, 0.25) is 18.1 Å². The van der Waals surface area contributed by atoms with Crippen LogP contribution in [-0.2, 0) is 10.1 Å². The van der Waals surface area contributed by atoms with Gasteiger partial charge in [-0.25, -0.2) is 0 Å². The summed E-state index contributed by atoms with van der Waals surface area (Å²) in [5, 5.41) is 0.878. The van der Waals surface area contributed by atoms with Crippen LogP contribution in [0, 0.1) is 6.92 Å². The van der Waals surface area contributed by atoms with Crippen LogP contribution in [0.1, 0.15) is 26.3 Å². The van der Waals surface area contributed by atoms with Gasteiger partial charge in [-0.05, 0) is 23.7 Å². The molecular formula is C13H22O3SSi. The average molecular weight is 286 g/mol. The van der Waals surface area contributed by atoms with Crippen molar-refractivity contribution in [3.63, 3.8) is 0 Å². The van der Waals surface area contributed by atoms with Crippen molar-refractivity contribution in [1.29, 1.82) is 0 Å². The Balaban J connectivity index is 3.59. The molecule has 0 aliphatic rings. The number of benzene rings is 1. The first-order valence-corrected chi connectivity index (χ1v) is 10.5. The first kappa shape index (κ1) is 15.4. The second-order valence-electron chi connectivity index (χ2n) is 4.82. The Kier molecular flexibility index (Phi) is 4.75. The third-order valence-corrected chi connectivity index (χ3v) is 10.7. The molecule has 0 radical (unpaired) electrons. The van der Waals surface area contributed by atoms with Crippen LogP contribution < -0.4 is 5.19 Å². The van der Waals surface area contributed by atoms with Gasteiger partial charge in [-0.1, -0.05) is 51.0 Å². The standard InChI is InChI=1S/C13H22O3SSi/c1-5-18(6-2,7-3)13-9-8-11(4)10-12(13)17(14,15)16/h8-10H,5-7H2,1-4H3,(H,14,15,16). The van der Waals surface area contributed by atoms with Crippen LogP contribution in [0.25, 0.3) is 0 Å². The van der Waals surface area contributed by atoms with Crippen molar-refractivity contribution in [3.8, 4) is 0 Å². The van der Waals surface area contributed by atoms with E-state index in [4.69, 9.17) is 0 Å². The first-order chi connectivity index (χ1) is 8.30. The molecule has 0 unspecified atom stereocenters. The predicted octanol–water partition coefficient (Wildman–Crippen LogP) is 2.96. The molecule has 5 heteroatoms. The fraction of sp³-hybridized carbons (Fsp3) is 0.538. The summed E-state index contributed by atoms with van der Waals surface area (Å²) in [5.41, 5.74) is 0.859. The molecule has 0 aliphatic heterocycles.